The molecule has 0 aromatic heterocycles. The van der Waals surface area contributed by atoms with Gasteiger partial charge in [-0.15, -0.1) is 0 Å². The van der Waals surface area contributed by atoms with E-state index in [1.807, 2.05) is 0 Å². The average molecular weight is 268 g/mol. The maximum Gasteiger partial charge on any atom is 0.00684 e. The van der Waals surface area contributed by atoms with E-state index in [1.165, 1.54) is 58.2 Å². The van der Waals surface area contributed by atoms with Crippen LogP contribution in [0.1, 0.15) is 73.1 Å². The molecule has 1 fully saturated rings. The number of nitrogens with one attached hydrogen (secondary N) is 1. The molecule has 1 unspecified atom stereocenters. The van der Waals surface area contributed by atoms with E-state index >= 15 is 0 Å². The first-order chi connectivity index (χ1) is 9.00. The number of hydrogen-bond donors (Lipinski definition) is 1. The summed E-state index contributed by atoms with van der Waals surface area (Å²) in [7, 11) is 0. The van der Waals surface area contributed by atoms with Crippen LogP contribution in [0.5, 0.6) is 0 Å². The molecule has 1 saturated carbocycles. The molecule has 0 aromatic rings. The minimum absolute atomic E-state index is 0.430. The summed E-state index contributed by atoms with van der Waals surface area (Å²) in [6, 6.07) is 1.50. The molecule has 2 heteroatoms. The van der Waals surface area contributed by atoms with E-state index in [9.17, 15) is 0 Å². The second-order valence-electron chi connectivity index (χ2n) is 7.09. The predicted octanol–water partition coefficient (Wildman–Crippen LogP) is 4.06. The molecular formula is C17H36N2. The van der Waals surface area contributed by atoms with Gasteiger partial charge in [0.25, 0.3) is 0 Å². The van der Waals surface area contributed by atoms with E-state index in [0.717, 1.165) is 6.04 Å². The minimum Gasteiger partial charge on any atom is -0.313 e. The smallest absolute Gasteiger partial charge is 0.00684 e. The molecule has 0 saturated heterocycles. The third kappa shape index (κ3) is 6.76. The van der Waals surface area contributed by atoms with E-state index in [4.69, 9.17) is 0 Å². The Hall–Kier alpha value is -0.0800. The van der Waals surface area contributed by atoms with Gasteiger partial charge in [0, 0.05) is 25.2 Å². The van der Waals surface area contributed by atoms with E-state index in [0.29, 0.717) is 11.5 Å². The van der Waals surface area contributed by atoms with Gasteiger partial charge in [0.1, 0.15) is 0 Å². The molecule has 0 radical (unpaired) electrons. The van der Waals surface area contributed by atoms with E-state index in [2.05, 4.69) is 44.8 Å². The van der Waals surface area contributed by atoms with Crippen molar-refractivity contribution in [2.75, 3.05) is 19.6 Å². The molecule has 1 atom stereocenters. The Bertz CT molecular complexity index is 235. The van der Waals surface area contributed by atoms with Crippen molar-refractivity contribution in [2.24, 2.45) is 5.41 Å². The summed E-state index contributed by atoms with van der Waals surface area (Å²) < 4.78 is 0. The van der Waals surface area contributed by atoms with Gasteiger partial charge in [-0.05, 0) is 51.5 Å². The third-order valence-electron chi connectivity index (χ3n) is 4.61. The maximum atomic E-state index is 3.73. The molecule has 114 valence electrons. The van der Waals surface area contributed by atoms with Crippen molar-refractivity contribution in [3.8, 4) is 0 Å². The zero-order valence-electron chi connectivity index (χ0n) is 14.0. The fraction of sp³-hybridized carbons (Fsp3) is 1.00. The van der Waals surface area contributed by atoms with Crippen LogP contribution in [-0.4, -0.2) is 36.6 Å². The molecule has 0 amide bonds. The van der Waals surface area contributed by atoms with Gasteiger partial charge in [-0.2, -0.15) is 0 Å². The van der Waals surface area contributed by atoms with Crippen LogP contribution in [0.4, 0.5) is 0 Å². The lowest BCUT2D eigenvalue weighted by molar-refractivity contribution is 0.124. The molecule has 19 heavy (non-hydrogen) atoms. The summed E-state index contributed by atoms with van der Waals surface area (Å²) in [4.78, 5) is 2.69. The third-order valence-corrected chi connectivity index (χ3v) is 4.61. The second kappa shape index (κ2) is 8.26. The largest absolute Gasteiger partial charge is 0.313 e. The van der Waals surface area contributed by atoms with Gasteiger partial charge in [-0.1, -0.05) is 33.6 Å². The van der Waals surface area contributed by atoms with Gasteiger partial charge in [0.05, 0.1) is 0 Å². The highest BCUT2D eigenvalue weighted by Crippen LogP contribution is 2.26. The lowest BCUT2D eigenvalue weighted by atomic mass is 9.86. The van der Waals surface area contributed by atoms with Crippen LogP contribution >= 0.6 is 0 Å². The number of hydrogen-bond acceptors (Lipinski definition) is 2. The van der Waals surface area contributed by atoms with Crippen LogP contribution in [0.2, 0.25) is 0 Å². The molecule has 1 aliphatic rings. The molecule has 0 heterocycles. The van der Waals surface area contributed by atoms with E-state index in [1.54, 1.807) is 0 Å². The fourth-order valence-corrected chi connectivity index (χ4v) is 2.55. The normalized spacial score (nSPS) is 19.1. The summed E-state index contributed by atoms with van der Waals surface area (Å²) in [6.07, 6.45) is 8.09. The number of rotatable bonds is 11. The van der Waals surface area contributed by atoms with Crippen LogP contribution in [-0.2, 0) is 0 Å². The second-order valence-corrected chi connectivity index (χ2v) is 7.09. The highest BCUT2D eigenvalue weighted by atomic mass is 15.2. The van der Waals surface area contributed by atoms with Gasteiger partial charge in [-0.25, -0.2) is 0 Å². The maximum absolute atomic E-state index is 3.73. The number of unbranched alkanes of at least 4 members (excludes halogenated alkanes) is 2. The van der Waals surface area contributed by atoms with Crippen molar-refractivity contribution in [1.29, 1.82) is 0 Å². The van der Waals surface area contributed by atoms with E-state index < -0.39 is 0 Å². The van der Waals surface area contributed by atoms with Gasteiger partial charge in [0.15, 0.2) is 0 Å². The highest BCUT2D eigenvalue weighted by molar-refractivity contribution is 4.87. The molecule has 0 aliphatic heterocycles. The molecular weight excluding hydrogens is 232 g/mol. The average Bonchev–Trinajstić information content (AvgIpc) is 3.19. The Morgan fingerprint density at radius 2 is 1.89 bits per heavy atom. The summed E-state index contributed by atoms with van der Waals surface area (Å²) in [5.74, 6) is 0. The lowest BCUT2D eigenvalue weighted by Gasteiger charge is -2.37. The molecule has 1 N–H and O–H groups in total. The minimum atomic E-state index is 0.430. The fourth-order valence-electron chi connectivity index (χ4n) is 2.55. The first kappa shape index (κ1) is 17.0. The van der Waals surface area contributed by atoms with Gasteiger partial charge < -0.3 is 10.2 Å². The lowest BCUT2D eigenvalue weighted by Crippen LogP contribution is -2.45. The molecule has 1 aliphatic carbocycles. The Labute approximate surface area is 121 Å². The molecule has 0 spiro atoms. The van der Waals surface area contributed by atoms with Crippen molar-refractivity contribution in [1.82, 2.24) is 10.2 Å². The van der Waals surface area contributed by atoms with Gasteiger partial charge >= 0.3 is 0 Å². The molecule has 0 bridgehead atoms. The van der Waals surface area contributed by atoms with Gasteiger partial charge in [-0.3, -0.25) is 0 Å². The van der Waals surface area contributed by atoms with Crippen molar-refractivity contribution < 1.29 is 0 Å². The quantitative estimate of drug-likeness (QED) is 0.569. The first-order valence-corrected chi connectivity index (χ1v) is 8.48. The summed E-state index contributed by atoms with van der Waals surface area (Å²) in [6.45, 7) is 15.5. The first-order valence-electron chi connectivity index (χ1n) is 8.48. The van der Waals surface area contributed by atoms with Crippen LogP contribution in [0.15, 0.2) is 0 Å². The Morgan fingerprint density at radius 1 is 1.21 bits per heavy atom. The van der Waals surface area contributed by atoms with Crippen LogP contribution in [0.25, 0.3) is 0 Å². The van der Waals surface area contributed by atoms with Crippen molar-refractivity contribution in [2.45, 2.75) is 85.2 Å². The van der Waals surface area contributed by atoms with Gasteiger partial charge in [0.2, 0.25) is 0 Å². The van der Waals surface area contributed by atoms with E-state index in [-0.39, 0.29) is 0 Å². The van der Waals surface area contributed by atoms with Crippen molar-refractivity contribution >= 4 is 0 Å². The summed E-state index contributed by atoms with van der Waals surface area (Å²) >= 11 is 0. The highest BCUT2D eigenvalue weighted by Gasteiger charge is 2.29. The Morgan fingerprint density at radius 3 is 2.37 bits per heavy atom. The van der Waals surface area contributed by atoms with Crippen LogP contribution in [0.3, 0.4) is 0 Å². The van der Waals surface area contributed by atoms with Crippen molar-refractivity contribution in [3.63, 3.8) is 0 Å². The zero-order valence-corrected chi connectivity index (χ0v) is 14.0. The molecule has 1 rings (SSSR count). The standard InChI is InChI=1S/C17H36N2/c1-6-8-9-12-19(15(3)4)14-17(5,7-2)13-18-16-10-11-16/h15-16,18H,6-14H2,1-5H3. The van der Waals surface area contributed by atoms with Crippen molar-refractivity contribution in [3.05, 3.63) is 0 Å². The number of nitrogens with zero attached hydrogens (tertiary/aromatic N) is 1. The monoisotopic (exact) mass is 268 g/mol. The molecule has 2 nitrogen and oxygen atoms in total. The van der Waals surface area contributed by atoms with Crippen LogP contribution < -0.4 is 5.32 Å². The zero-order chi connectivity index (χ0) is 14.3. The Balaban J connectivity index is 2.41. The Kier molecular flexibility index (Phi) is 7.38. The predicted molar refractivity (Wildman–Crippen MR) is 85.7 cm³/mol. The SMILES string of the molecule is CCCCCN(CC(C)(CC)CNC1CC1)C(C)C. The topological polar surface area (TPSA) is 15.3 Å². The summed E-state index contributed by atoms with van der Waals surface area (Å²) in [5.41, 5.74) is 0.430. The van der Waals surface area contributed by atoms with Crippen LogP contribution in [0, 0.1) is 5.41 Å². The molecule has 0 aromatic carbocycles. The summed E-state index contributed by atoms with van der Waals surface area (Å²) in [5, 5.41) is 3.73.